The molecule has 1 heterocycles. The van der Waals surface area contributed by atoms with Crippen molar-refractivity contribution in [3.8, 4) is 5.75 Å². The highest BCUT2D eigenvalue weighted by molar-refractivity contribution is 8.18. The quantitative estimate of drug-likeness (QED) is 0.242. The Kier molecular flexibility index (Phi) is 12.8. The Hall–Kier alpha value is -2.60. The highest BCUT2D eigenvalue weighted by Crippen LogP contribution is 2.55. The molecule has 1 saturated heterocycles. The zero-order chi connectivity index (χ0) is 29.1. The van der Waals surface area contributed by atoms with Gasteiger partial charge in [0.25, 0.3) is 0 Å². The highest BCUT2D eigenvalue weighted by Gasteiger charge is 2.37. The van der Waals surface area contributed by atoms with Crippen molar-refractivity contribution in [1.29, 1.82) is 0 Å². The number of unbranched alkanes of at least 4 members (excludes halogenated alkanes) is 1. The fraction of sp³-hybridized carbons (Fsp3) is 0.630. The van der Waals surface area contributed by atoms with E-state index in [1.165, 1.54) is 7.11 Å². The van der Waals surface area contributed by atoms with Crippen LogP contribution in [0.1, 0.15) is 65.4 Å². The summed E-state index contributed by atoms with van der Waals surface area (Å²) < 4.78 is 15.0. The van der Waals surface area contributed by atoms with Crippen molar-refractivity contribution in [3.05, 3.63) is 23.8 Å². The third-order valence-corrected chi connectivity index (χ3v) is 9.25. The van der Waals surface area contributed by atoms with Gasteiger partial charge in [-0.25, -0.2) is 4.79 Å². The van der Waals surface area contributed by atoms with Crippen molar-refractivity contribution in [2.75, 3.05) is 37.6 Å². The maximum atomic E-state index is 13.1. The van der Waals surface area contributed by atoms with Crippen LogP contribution < -0.4 is 20.7 Å². The molecule has 1 fully saturated rings. The highest BCUT2D eigenvalue weighted by atomic mass is 32.2. The molecule has 10 nitrogen and oxygen atoms in total. The van der Waals surface area contributed by atoms with Crippen molar-refractivity contribution >= 4 is 53.1 Å². The summed E-state index contributed by atoms with van der Waals surface area (Å²) in [4.78, 5) is 48.9. The van der Waals surface area contributed by atoms with E-state index in [1.54, 1.807) is 40.9 Å². The van der Waals surface area contributed by atoms with Crippen molar-refractivity contribution in [1.82, 2.24) is 10.6 Å². The van der Waals surface area contributed by atoms with Gasteiger partial charge in [0.1, 0.15) is 23.9 Å². The van der Waals surface area contributed by atoms with E-state index in [9.17, 15) is 19.2 Å². The summed E-state index contributed by atoms with van der Waals surface area (Å²) in [7, 11) is 2.96. The van der Waals surface area contributed by atoms with Crippen LogP contribution in [-0.4, -0.2) is 67.8 Å². The third-order valence-electron chi connectivity index (χ3n) is 5.78. The van der Waals surface area contributed by atoms with E-state index in [-0.39, 0.29) is 16.6 Å². The molecule has 1 aliphatic rings. The number of thioether (sulfide) groups is 2. The lowest BCUT2D eigenvalue weighted by Crippen LogP contribution is -2.46. The molecular weight excluding hydrogens is 542 g/mol. The van der Waals surface area contributed by atoms with Gasteiger partial charge in [-0.1, -0.05) is 12.5 Å². The molecule has 0 aliphatic carbocycles. The van der Waals surface area contributed by atoms with Gasteiger partial charge in [-0.3, -0.25) is 14.4 Å². The van der Waals surface area contributed by atoms with Crippen LogP contribution >= 0.6 is 23.5 Å². The molecule has 2 rings (SSSR count). The standard InChI is InChI=1S/C27H41N3O7S2/c1-18(29-22(31)17-28-25(34)37-26(2,3)4)24(33)30-21-16-19(35-5)11-12-20(21)27(38-14-9-15-39-27)13-8-7-10-23(32)36-6/h11-12,16,18H,7-10,13-15,17H2,1-6H3,(H,28,34)(H,29,31)(H,30,33)/t18-/m1/s1. The van der Waals surface area contributed by atoms with Gasteiger partial charge in [0, 0.05) is 23.7 Å². The normalized spacial score (nSPS) is 15.4. The molecular formula is C27H41N3O7S2. The number of hydrogen-bond acceptors (Lipinski definition) is 9. The molecule has 218 valence electrons. The topological polar surface area (TPSA) is 132 Å². The zero-order valence-electron chi connectivity index (χ0n) is 23.6. The number of rotatable bonds is 12. The molecule has 0 saturated carbocycles. The summed E-state index contributed by atoms with van der Waals surface area (Å²) in [6, 6.07) is 4.79. The fourth-order valence-corrected chi connectivity index (χ4v) is 7.39. The van der Waals surface area contributed by atoms with Crippen LogP contribution in [0.2, 0.25) is 0 Å². The number of nitrogens with one attached hydrogen (secondary N) is 3. The Morgan fingerprint density at radius 3 is 2.38 bits per heavy atom. The molecule has 3 amide bonds. The fourth-order valence-electron chi connectivity index (χ4n) is 3.89. The van der Waals surface area contributed by atoms with Crippen LogP contribution in [0.5, 0.6) is 5.75 Å². The van der Waals surface area contributed by atoms with Gasteiger partial charge >= 0.3 is 12.1 Å². The maximum absolute atomic E-state index is 13.1. The summed E-state index contributed by atoms with van der Waals surface area (Å²) in [6.45, 7) is 6.43. The molecule has 1 aromatic carbocycles. The minimum atomic E-state index is -0.861. The van der Waals surface area contributed by atoms with Crippen molar-refractivity contribution in [2.24, 2.45) is 0 Å². The number of anilines is 1. The molecule has 12 heteroatoms. The van der Waals surface area contributed by atoms with E-state index in [2.05, 4.69) is 16.0 Å². The average molecular weight is 584 g/mol. The molecule has 1 aliphatic heterocycles. The summed E-state index contributed by atoms with van der Waals surface area (Å²) in [6.07, 6.45) is 3.11. The predicted octanol–water partition coefficient (Wildman–Crippen LogP) is 4.42. The summed E-state index contributed by atoms with van der Waals surface area (Å²) in [5.41, 5.74) is 0.896. The Morgan fingerprint density at radius 2 is 1.77 bits per heavy atom. The first-order valence-corrected chi connectivity index (χ1v) is 15.0. The van der Waals surface area contributed by atoms with Crippen LogP contribution in [0, 0.1) is 0 Å². The maximum Gasteiger partial charge on any atom is 0.408 e. The lowest BCUT2D eigenvalue weighted by molar-refractivity contribution is -0.140. The average Bonchev–Trinajstić information content (AvgIpc) is 2.89. The minimum Gasteiger partial charge on any atom is -0.497 e. The van der Waals surface area contributed by atoms with Gasteiger partial charge in [0.2, 0.25) is 11.8 Å². The van der Waals surface area contributed by atoms with Crippen molar-refractivity contribution in [2.45, 2.75) is 75.5 Å². The molecule has 0 spiro atoms. The smallest absolute Gasteiger partial charge is 0.408 e. The molecule has 0 bridgehead atoms. The second-order valence-electron chi connectivity index (χ2n) is 10.1. The Morgan fingerprint density at radius 1 is 1.08 bits per heavy atom. The number of carbonyl (C=O) groups excluding carboxylic acids is 4. The second-order valence-corrected chi connectivity index (χ2v) is 13.2. The lowest BCUT2D eigenvalue weighted by Gasteiger charge is -2.38. The third kappa shape index (κ3) is 10.8. The number of amides is 3. The van der Waals surface area contributed by atoms with Crippen LogP contribution in [0.4, 0.5) is 10.5 Å². The number of alkyl carbamates (subject to hydrolysis) is 1. The largest absolute Gasteiger partial charge is 0.497 e. The SMILES string of the molecule is COC(=O)CCCCC1(c2ccc(OC)cc2NC(=O)[C@@H](C)NC(=O)CNC(=O)OC(C)(C)C)SCCCS1. The van der Waals surface area contributed by atoms with Gasteiger partial charge in [0.15, 0.2) is 0 Å². The van der Waals surface area contributed by atoms with Crippen LogP contribution in [0.3, 0.4) is 0 Å². The van der Waals surface area contributed by atoms with Gasteiger partial charge in [0.05, 0.1) is 18.3 Å². The molecule has 0 aromatic heterocycles. The zero-order valence-corrected chi connectivity index (χ0v) is 25.3. The number of benzene rings is 1. The first kappa shape index (κ1) is 32.6. The molecule has 0 unspecified atom stereocenters. The van der Waals surface area contributed by atoms with Crippen LogP contribution in [0.15, 0.2) is 18.2 Å². The molecule has 39 heavy (non-hydrogen) atoms. The predicted molar refractivity (Wildman–Crippen MR) is 155 cm³/mol. The Balaban J connectivity index is 2.12. The molecule has 1 atom stereocenters. The van der Waals surface area contributed by atoms with Gasteiger partial charge < -0.3 is 30.2 Å². The van der Waals surface area contributed by atoms with Gasteiger partial charge in [-0.15, -0.1) is 23.5 Å². The van der Waals surface area contributed by atoms with Crippen molar-refractivity contribution < 1.29 is 33.4 Å². The van der Waals surface area contributed by atoms with E-state index in [4.69, 9.17) is 14.2 Å². The number of ether oxygens (including phenoxy) is 3. The number of hydrogen-bond donors (Lipinski definition) is 3. The van der Waals surface area contributed by atoms with Crippen molar-refractivity contribution in [3.63, 3.8) is 0 Å². The first-order chi connectivity index (χ1) is 18.4. The summed E-state index contributed by atoms with van der Waals surface area (Å²) in [5, 5.41) is 7.97. The van der Waals surface area contributed by atoms with Crippen LogP contribution in [0.25, 0.3) is 0 Å². The first-order valence-electron chi connectivity index (χ1n) is 13.0. The van der Waals surface area contributed by atoms with Gasteiger partial charge in [-0.2, -0.15) is 0 Å². The Labute approximate surface area is 239 Å². The second kappa shape index (κ2) is 15.3. The summed E-state index contributed by atoms with van der Waals surface area (Å²) >= 11 is 3.70. The monoisotopic (exact) mass is 583 g/mol. The lowest BCUT2D eigenvalue weighted by atomic mass is 10.0. The number of methoxy groups -OCH3 is 2. The minimum absolute atomic E-state index is 0.220. The van der Waals surface area contributed by atoms with E-state index < -0.39 is 29.6 Å². The van der Waals surface area contributed by atoms with Crippen LogP contribution in [-0.2, 0) is 27.9 Å². The summed E-state index contributed by atoms with van der Waals surface area (Å²) in [5.74, 6) is 1.43. The van der Waals surface area contributed by atoms with E-state index in [1.807, 2.05) is 35.7 Å². The van der Waals surface area contributed by atoms with E-state index in [0.29, 0.717) is 24.3 Å². The number of esters is 1. The Bertz CT molecular complexity index is 1010. The molecule has 0 radical (unpaired) electrons. The molecule has 1 aromatic rings. The number of carbonyl (C=O) groups is 4. The van der Waals surface area contributed by atoms with E-state index in [0.717, 1.165) is 36.3 Å². The molecule has 3 N–H and O–H groups in total. The van der Waals surface area contributed by atoms with Gasteiger partial charge in [-0.05, 0) is 64.5 Å². The van der Waals surface area contributed by atoms with E-state index >= 15 is 0 Å².